The highest BCUT2D eigenvalue weighted by molar-refractivity contribution is 5.44. The Hall–Kier alpha value is -1.29. The van der Waals surface area contributed by atoms with Crippen LogP contribution < -0.4 is 0 Å². The molecule has 4 aliphatic rings. The third-order valence-electron chi connectivity index (χ3n) is 9.64. The lowest BCUT2D eigenvalue weighted by atomic mass is 9.41. The van der Waals surface area contributed by atoms with Crippen molar-refractivity contribution in [3.8, 4) is 12.8 Å². The Morgan fingerprint density at radius 2 is 1.29 bits per heavy atom. The summed E-state index contributed by atoms with van der Waals surface area (Å²) in [5.41, 5.74) is 1.61. The Morgan fingerprint density at radius 3 is 1.82 bits per heavy atom. The van der Waals surface area contributed by atoms with E-state index in [1.807, 2.05) is 27.7 Å². The van der Waals surface area contributed by atoms with Crippen LogP contribution in [0.2, 0.25) is 0 Å². The minimum absolute atomic E-state index is 0. The second kappa shape index (κ2) is 17.2. The van der Waals surface area contributed by atoms with Crippen molar-refractivity contribution < 1.29 is 7.65 Å². The monoisotopic (exact) mass is 476 g/mol. The number of aldehydes is 1. The van der Waals surface area contributed by atoms with Crippen LogP contribution in [0, 0.1) is 52.8 Å². The minimum Gasteiger partial charge on any atom is -0.304 e. The predicted octanol–water partition coefficient (Wildman–Crippen LogP) is 10.8. The second-order valence-corrected chi connectivity index (χ2v) is 10.7. The van der Waals surface area contributed by atoms with E-state index in [2.05, 4.69) is 59.4 Å². The van der Waals surface area contributed by atoms with Crippen molar-refractivity contribution in [3.63, 3.8) is 0 Å². The van der Waals surface area contributed by atoms with Gasteiger partial charge >= 0.3 is 0 Å². The summed E-state index contributed by atoms with van der Waals surface area (Å²) in [5, 5.41) is 0. The molecule has 0 aromatic heterocycles. The van der Waals surface area contributed by atoms with Crippen LogP contribution in [0.5, 0.6) is 0 Å². The average Bonchev–Trinajstić information content (AvgIpc) is 3.33. The number of carbonyl (C=O) groups is 1. The van der Waals surface area contributed by atoms with Gasteiger partial charge < -0.3 is 4.79 Å². The number of terminal acetylenes is 1. The molecule has 0 aliphatic heterocycles. The molecule has 3 unspecified atom stereocenters. The van der Waals surface area contributed by atoms with Gasteiger partial charge in [-0.25, -0.2) is 0 Å². The maximum atomic E-state index is 8.81. The van der Waals surface area contributed by atoms with E-state index in [9.17, 15) is 0 Å². The van der Waals surface area contributed by atoms with Gasteiger partial charge in [0, 0.05) is 2.85 Å². The summed E-state index contributed by atoms with van der Waals surface area (Å²) in [6.45, 7) is 27.7. The van der Waals surface area contributed by atoms with Crippen LogP contribution in [-0.4, -0.2) is 6.29 Å². The molecule has 0 saturated heterocycles. The molecule has 0 aromatic carbocycles. The molecule has 202 valence electrons. The Kier molecular flexibility index (Phi) is 17.6. The first-order chi connectivity index (χ1) is 16.4. The molecule has 34 heavy (non-hydrogen) atoms. The molecule has 0 N–H and O–H groups in total. The van der Waals surface area contributed by atoms with Gasteiger partial charge in [-0.15, -0.1) is 32.6 Å². The van der Waals surface area contributed by atoms with Crippen molar-refractivity contribution in [3.05, 3.63) is 25.8 Å². The highest BCUT2D eigenvalue weighted by Crippen LogP contribution is 2.70. The number of hydrogen-bond donors (Lipinski definition) is 0. The molecular weight excluding hydrogens is 412 g/mol. The van der Waals surface area contributed by atoms with Crippen LogP contribution in [0.3, 0.4) is 0 Å². The van der Waals surface area contributed by atoms with Crippen molar-refractivity contribution in [2.75, 3.05) is 0 Å². The summed E-state index contributed by atoms with van der Waals surface area (Å²) in [7, 11) is 0. The molecule has 4 saturated carbocycles. The van der Waals surface area contributed by atoms with E-state index in [0.717, 1.165) is 30.0 Å². The van der Waals surface area contributed by atoms with Gasteiger partial charge in [-0.1, -0.05) is 80.2 Å². The van der Waals surface area contributed by atoms with Crippen molar-refractivity contribution in [1.82, 2.24) is 0 Å². The van der Waals surface area contributed by atoms with Crippen molar-refractivity contribution in [2.45, 2.75) is 126 Å². The molecule has 0 heterocycles. The summed E-state index contributed by atoms with van der Waals surface area (Å²) in [5.74, 6) is 3.99. The van der Waals surface area contributed by atoms with E-state index in [1.54, 1.807) is 0 Å². The first-order valence-electron chi connectivity index (χ1n) is 14.2. The number of carbonyl (C=O) groups excluding carboxylic acids is 1. The first kappa shape index (κ1) is 34.9. The Balaban J connectivity index is -0.000000349. The fourth-order valence-corrected chi connectivity index (χ4v) is 8.55. The molecule has 0 bridgehead atoms. The van der Waals surface area contributed by atoms with Crippen LogP contribution in [-0.2, 0) is 4.79 Å². The Bertz CT molecular complexity index is 587. The van der Waals surface area contributed by atoms with Crippen molar-refractivity contribution in [1.29, 1.82) is 0 Å². The predicted molar refractivity (Wildman–Crippen MR) is 159 cm³/mol. The third-order valence-corrected chi connectivity index (χ3v) is 9.64. The quantitative estimate of drug-likeness (QED) is 0.209. The van der Waals surface area contributed by atoms with E-state index in [0.29, 0.717) is 16.2 Å². The smallest absolute Gasteiger partial charge is 0.116 e. The van der Waals surface area contributed by atoms with Gasteiger partial charge in [0.1, 0.15) is 6.29 Å². The van der Waals surface area contributed by atoms with Gasteiger partial charge in [-0.2, -0.15) is 0 Å². The molecule has 0 spiro atoms. The first-order valence-corrected chi connectivity index (χ1v) is 14.2. The zero-order valence-corrected chi connectivity index (χ0v) is 24.4. The molecular formula is C33H64O. The van der Waals surface area contributed by atoms with Gasteiger partial charge in [0.25, 0.3) is 0 Å². The van der Waals surface area contributed by atoms with Crippen molar-refractivity contribution >= 4 is 6.29 Å². The van der Waals surface area contributed by atoms with E-state index in [1.165, 1.54) is 77.6 Å². The lowest BCUT2D eigenvalue weighted by Crippen LogP contribution is -2.56. The van der Waals surface area contributed by atoms with Crippen LogP contribution in [0.25, 0.3) is 0 Å². The van der Waals surface area contributed by atoms with E-state index >= 15 is 0 Å². The van der Waals surface area contributed by atoms with Gasteiger partial charge in [0.15, 0.2) is 0 Å². The summed E-state index contributed by atoms with van der Waals surface area (Å²) in [4.78, 5) is 8.81. The van der Waals surface area contributed by atoms with Gasteiger partial charge in [0.05, 0.1) is 0 Å². The van der Waals surface area contributed by atoms with Crippen LogP contribution in [0.1, 0.15) is 129 Å². The zero-order chi connectivity index (χ0) is 27.0. The molecule has 0 amide bonds. The SMILES string of the molecule is C#C.C=C.C=C[C@]1(C)CCCC[C@]2(C)C3CC[C@@H]4CCCC4[C@]3(C)CCC21.CC.CC.CC=O.[HH].[HH]. The Morgan fingerprint density at radius 1 is 0.765 bits per heavy atom. The standard InChI is InChI=1S/C23H38.C2H4O.2C2H6.C2H4.C2H2.2H2/c1-5-21(2)14-6-7-15-23(4)19(21)13-16-22(3)18-10-8-9-17(18)11-12-20(22)23;1-2-3;4*1-2;;/h5,17-20H,1,6-16H2,2-4H3;2H,1H3;2*1-2H3;1-2H2;1-2H;2*1H/t17-,18?,19?,20?,21+,22-,23-;;;;;;;/m0......./s1. The van der Waals surface area contributed by atoms with Gasteiger partial charge in [-0.3, -0.25) is 0 Å². The summed E-state index contributed by atoms with van der Waals surface area (Å²) in [6, 6.07) is 0. The molecule has 4 aliphatic carbocycles. The molecule has 1 heteroatoms. The lowest BCUT2D eigenvalue weighted by molar-refractivity contribution is -0.145. The van der Waals surface area contributed by atoms with Gasteiger partial charge in [-0.05, 0) is 91.8 Å². The maximum absolute atomic E-state index is 8.81. The number of hydrogen-bond acceptors (Lipinski definition) is 1. The van der Waals surface area contributed by atoms with E-state index < -0.39 is 0 Å². The van der Waals surface area contributed by atoms with Crippen LogP contribution in [0.4, 0.5) is 0 Å². The molecule has 4 rings (SSSR count). The Labute approximate surface area is 218 Å². The van der Waals surface area contributed by atoms with Crippen molar-refractivity contribution in [2.24, 2.45) is 39.9 Å². The molecule has 0 radical (unpaired) electrons. The third kappa shape index (κ3) is 7.12. The number of rotatable bonds is 1. The fraction of sp³-hybridized carbons (Fsp3) is 0.788. The molecule has 0 aromatic rings. The molecule has 4 fully saturated rings. The maximum Gasteiger partial charge on any atom is 0.116 e. The molecule has 7 atom stereocenters. The highest BCUT2D eigenvalue weighted by atomic mass is 16.1. The van der Waals surface area contributed by atoms with Crippen LogP contribution >= 0.6 is 0 Å². The average molecular weight is 477 g/mol. The summed E-state index contributed by atoms with van der Waals surface area (Å²) < 4.78 is 0. The summed E-state index contributed by atoms with van der Waals surface area (Å²) >= 11 is 0. The lowest BCUT2D eigenvalue weighted by Gasteiger charge is -2.64. The zero-order valence-electron chi connectivity index (χ0n) is 24.4. The summed E-state index contributed by atoms with van der Waals surface area (Å²) in [6.07, 6.45) is 27.5. The highest BCUT2D eigenvalue weighted by Gasteiger charge is 2.61. The van der Waals surface area contributed by atoms with Crippen LogP contribution in [0.15, 0.2) is 25.8 Å². The molecule has 1 nitrogen and oxygen atoms in total. The van der Waals surface area contributed by atoms with Gasteiger partial charge in [0.2, 0.25) is 0 Å². The van der Waals surface area contributed by atoms with E-state index in [-0.39, 0.29) is 2.85 Å². The fourth-order valence-electron chi connectivity index (χ4n) is 8.55. The minimum atomic E-state index is 0. The largest absolute Gasteiger partial charge is 0.304 e. The number of fused-ring (bicyclic) bond motifs is 5. The normalized spacial score (nSPS) is 38.9. The number of allylic oxidation sites excluding steroid dienone is 1. The topological polar surface area (TPSA) is 17.1 Å². The second-order valence-electron chi connectivity index (χ2n) is 10.7. The van der Waals surface area contributed by atoms with E-state index in [4.69, 9.17) is 4.79 Å².